The fourth-order valence-electron chi connectivity index (χ4n) is 1.29. The summed E-state index contributed by atoms with van der Waals surface area (Å²) >= 11 is 1.82. The van der Waals surface area contributed by atoms with Crippen molar-refractivity contribution < 1.29 is 4.74 Å². The van der Waals surface area contributed by atoms with E-state index in [4.69, 9.17) is 10.5 Å². The van der Waals surface area contributed by atoms with Gasteiger partial charge in [-0.1, -0.05) is 0 Å². The van der Waals surface area contributed by atoms with E-state index < -0.39 is 0 Å². The molecule has 0 fully saturated rings. The highest BCUT2D eigenvalue weighted by atomic mass is 32.2. The van der Waals surface area contributed by atoms with Gasteiger partial charge >= 0.3 is 0 Å². The lowest BCUT2D eigenvalue weighted by Gasteiger charge is -2.16. The van der Waals surface area contributed by atoms with Gasteiger partial charge in [0, 0.05) is 6.04 Å². The number of nitrogens with one attached hydrogen (secondary N) is 1. The van der Waals surface area contributed by atoms with Gasteiger partial charge in [-0.05, 0) is 25.4 Å². The highest BCUT2D eigenvalue weighted by Gasteiger charge is 2.11. The van der Waals surface area contributed by atoms with Crippen LogP contribution in [0.5, 0.6) is 5.75 Å². The molecule has 0 aromatic carbocycles. The highest BCUT2D eigenvalue weighted by molar-refractivity contribution is 7.98. The standard InChI is InChI=1S/C10H18N4OS/c1-7(4-5-16-3)14-10-8(15-2)9(11)12-6-13-10/h6-7H,4-5H2,1-3H3,(H3,11,12,13,14). The first-order chi connectivity index (χ1) is 7.69. The fourth-order valence-corrected chi connectivity index (χ4v) is 1.88. The first-order valence-corrected chi connectivity index (χ1v) is 6.48. The van der Waals surface area contributed by atoms with Crippen LogP contribution in [0, 0.1) is 0 Å². The van der Waals surface area contributed by atoms with Crippen LogP contribution in [0.3, 0.4) is 0 Å². The van der Waals surface area contributed by atoms with Gasteiger partial charge in [-0.3, -0.25) is 0 Å². The Morgan fingerprint density at radius 3 is 2.94 bits per heavy atom. The Hall–Kier alpha value is -1.17. The smallest absolute Gasteiger partial charge is 0.203 e. The lowest BCUT2D eigenvalue weighted by molar-refractivity contribution is 0.414. The molecule has 90 valence electrons. The predicted octanol–water partition coefficient (Wildman–Crippen LogP) is 1.62. The molecule has 0 aliphatic rings. The summed E-state index contributed by atoms with van der Waals surface area (Å²) in [5.74, 6) is 2.64. The van der Waals surface area contributed by atoms with Crippen molar-refractivity contribution in [3.8, 4) is 5.75 Å². The summed E-state index contributed by atoms with van der Waals surface area (Å²) in [5.41, 5.74) is 5.69. The second-order valence-corrected chi connectivity index (χ2v) is 4.45. The number of anilines is 2. The van der Waals surface area contributed by atoms with Crippen molar-refractivity contribution in [1.82, 2.24) is 9.97 Å². The van der Waals surface area contributed by atoms with Gasteiger partial charge in [0.1, 0.15) is 6.33 Å². The van der Waals surface area contributed by atoms with E-state index in [2.05, 4.69) is 28.5 Å². The van der Waals surface area contributed by atoms with E-state index in [9.17, 15) is 0 Å². The summed E-state index contributed by atoms with van der Waals surface area (Å²) in [5, 5.41) is 3.27. The lowest BCUT2D eigenvalue weighted by atomic mass is 10.2. The number of rotatable bonds is 6. The van der Waals surface area contributed by atoms with Crippen molar-refractivity contribution >= 4 is 23.4 Å². The topological polar surface area (TPSA) is 73.1 Å². The SMILES string of the molecule is COc1c(N)ncnc1NC(C)CCSC. The number of hydrogen-bond acceptors (Lipinski definition) is 6. The van der Waals surface area contributed by atoms with Gasteiger partial charge in [-0.2, -0.15) is 11.8 Å². The third-order valence-electron chi connectivity index (χ3n) is 2.17. The first kappa shape index (κ1) is 12.9. The fraction of sp³-hybridized carbons (Fsp3) is 0.600. The Morgan fingerprint density at radius 1 is 1.56 bits per heavy atom. The monoisotopic (exact) mass is 242 g/mol. The van der Waals surface area contributed by atoms with Crippen LogP contribution in [0.4, 0.5) is 11.6 Å². The molecule has 3 N–H and O–H groups in total. The zero-order valence-corrected chi connectivity index (χ0v) is 10.7. The van der Waals surface area contributed by atoms with Gasteiger partial charge < -0.3 is 15.8 Å². The maximum atomic E-state index is 5.69. The number of hydrogen-bond donors (Lipinski definition) is 2. The molecule has 0 radical (unpaired) electrons. The molecule has 0 aliphatic carbocycles. The zero-order valence-electron chi connectivity index (χ0n) is 9.86. The number of aromatic nitrogens is 2. The number of methoxy groups -OCH3 is 1. The maximum absolute atomic E-state index is 5.69. The number of nitrogen functional groups attached to an aromatic ring is 1. The molecule has 1 heterocycles. The summed E-state index contributed by atoms with van der Waals surface area (Å²) in [6.07, 6.45) is 4.59. The van der Waals surface area contributed by atoms with Gasteiger partial charge in [0.25, 0.3) is 0 Å². The Labute approximate surface area is 100 Å². The van der Waals surface area contributed by atoms with Crippen molar-refractivity contribution in [3.05, 3.63) is 6.33 Å². The van der Waals surface area contributed by atoms with Gasteiger partial charge in [-0.25, -0.2) is 9.97 Å². The quantitative estimate of drug-likeness (QED) is 0.789. The molecule has 0 saturated carbocycles. The zero-order chi connectivity index (χ0) is 12.0. The van der Waals surface area contributed by atoms with Crippen LogP contribution in [0.15, 0.2) is 6.33 Å². The number of thioether (sulfide) groups is 1. The van der Waals surface area contributed by atoms with E-state index in [1.54, 1.807) is 7.11 Å². The van der Waals surface area contributed by atoms with Gasteiger partial charge in [-0.15, -0.1) is 0 Å². The molecule has 1 aromatic heterocycles. The molecular weight excluding hydrogens is 224 g/mol. The largest absolute Gasteiger partial charge is 0.490 e. The van der Waals surface area contributed by atoms with Crippen LogP contribution in [0.2, 0.25) is 0 Å². The average Bonchev–Trinajstić information content (AvgIpc) is 2.27. The normalized spacial score (nSPS) is 12.2. The van der Waals surface area contributed by atoms with Crippen LogP contribution in [-0.4, -0.2) is 35.1 Å². The second-order valence-electron chi connectivity index (χ2n) is 3.47. The Morgan fingerprint density at radius 2 is 2.31 bits per heavy atom. The molecule has 1 unspecified atom stereocenters. The molecule has 6 heteroatoms. The van der Waals surface area contributed by atoms with Crippen molar-refractivity contribution in [3.63, 3.8) is 0 Å². The molecular formula is C10H18N4OS. The molecule has 0 bridgehead atoms. The van der Waals surface area contributed by atoms with Gasteiger partial charge in [0.15, 0.2) is 11.6 Å². The summed E-state index contributed by atoms with van der Waals surface area (Å²) in [4.78, 5) is 8.00. The molecule has 5 nitrogen and oxygen atoms in total. The maximum Gasteiger partial charge on any atom is 0.203 e. The Kier molecular flexibility index (Phi) is 5.18. The first-order valence-electron chi connectivity index (χ1n) is 5.09. The van der Waals surface area contributed by atoms with Crippen molar-refractivity contribution in [2.45, 2.75) is 19.4 Å². The van der Waals surface area contributed by atoms with Crippen molar-refractivity contribution in [1.29, 1.82) is 0 Å². The van der Waals surface area contributed by atoms with Crippen LogP contribution >= 0.6 is 11.8 Å². The minimum Gasteiger partial charge on any atom is -0.490 e. The van der Waals surface area contributed by atoms with E-state index >= 15 is 0 Å². The molecule has 0 saturated heterocycles. The summed E-state index contributed by atoms with van der Waals surface area (Å²) < 4.78 is 5.16. The molecule has 1 aromatic rings. The van der Waals surface area contributed by atoms with Crippen molar-refractivity contribution in [2.75, 3.05) is 30.2 Å². The molecule has 1 rings (SSSR count). The van der Waals surface area contributed by atoms with Crippen molar-refractivity contribution in [2.24, 2.45) is 0 Å². The molecule has 0 spiro atoms. The van der Waals surface area contributed by atoms with Crippen LogP contribution in [-0.2, 0) is 0 Å². The third-order valence-corrected chi connectivity index (χ3v) is 2.82. The second kappa shape index (κ2) is 6.42. The van der Waals surface area contributed by atoms with E-state index in [0.29, 0.717) is 23.4 Å². The van der Waals surface area contributed by atoms with Gasteiger partial charge in [0.05, 0.1) is 7.11 Å². The minimum absolute atomic E-state index is 0.329. The van der Waals surface area contributed by atoms with Crippen LogP contribution in [0.25, 0.3) is 0 Å². The number of ether oxygens (including phenoxy) is 1. The summed E-state index contributed by atoms with van der Waals surface area (Å²) in [7, 11) is 1.56. The van der Waals surface area contributed by atoms with E-state index in [1.807, 2.05) is 11.8 Å². The third kappa shape index (κ3) is 3.44. The molecule has 1 atom stereocenters. The van der Waals surface area contributed by atoms with E-state index in [-0.39, 0.29) is 0 Å². The van der Waals surface area contributed by atoms with E-state index in [1.165, 1.54) is 6.33 Å². The van der Waals surface area contributed by atoms with E-state index in [0.717, 1.165) is 12.2 Å². The lowest BCUT2D eigenvalue weighted by Crippen LogP contribution is -2.18. The number of nitrogens with two attached hydrogens (primary N) is 1. The van der Waals surface area contributed by atoms with Crippen LogP contribution in [0.1, 0.15) is 13.3 Å². The molecule has 0 aliphatic heterocycles. The Bertz CT molecular complexity index is 335. The number of nitrogens with zero attached hydrogens (tertiary/aromatic N) is 2. The Balaban J connectivity index is 2.69. The highest BCUT2D eigenvalue weighted by Crippen LogP contribution is 2.27. The van der Waals surface area contributed by atoms with Crippen LogP contribution < -0.4 is 15.8 Å². The average molecular weight is 242 g/mol. The summed E-state index contributed by atoms with van der Waals surface area (Å²) in [6, 6.07) is 0.329. The predicted molar refractivity (Wildman–Crippen MR) is 69.1 cm³/mol. The molecule has 0 amide bonds. The van der Waals surface area contributed by atoms with Gasteiger partial charge in [0.2, 0.25) is 5.75 Å². The summed E-state index contributed by atoms with van der Waals surface area (Å²) in [6.45, 7) is 2.11. The minimum atomic E-state index is 0.329. The molecule has 16 heavy (non-hydrogen) atoms.